The Morgan fingerprint density at radius 3 is 1.55 bits per heavy atom. The minimum absolute atomic E-state index is 0.0313. The van der Waals surface area contributed by atoms with Gasteiger partial charge >= 0.3 is 0 Å². The fourth-order valence-electron chi connectivity index (χ4n) is 6.76. The number of amides is 3. The van der Waals surface area contributed by atoms with Gasteiger partial charge in [0, 0.05) is 11.6 Å². The SMILES string of the molecule is O=C(NOC(c1ccccc1)(c1ccccc1)c1ccccc1)[C@@H](CCCN1C(=O)c2ccccc2C1=O)NS(=O)(=O)c1ccc(-c2ccc(Cl)cc2)cc1. The molecule has 1 atom stereocenters. The molecule has 0 radical (unpaired) electrons. The molecule has 1 aliphatic rings. The fourth-order valence-corrected chi connectivity index (χ4v) is 8.11. The summed E-state index contributed by atoms with van der Waals surface area (Å²) >= 11 is 6.04. The molecule has 0 fully saturated rings. The van der Waals surface area contributed by atoms with Crippen molar-refractivity contribution in [2.75, 3.05) is 6.54 Å². The summed E-state index contributed by atoms with van der Waals surface area (Å²) < 4.78 is 30.4. The summed E-state index contributed by atoms with van der Waals surface area (Å²) in [4.78, 5) is 48.0. The average Bonchev–Trinajstić information content (AvgIpc) is 3.47. The highest BCUT2D eigenvalue weighted by Crippen LogP contribution is 2.39. The van der Waals surface area contributed by atoms with E-state index in [9.17, 15) is 22.8 Å². The van der Waals surface area contributed by atoms with Crippen LogP contribution in [0.4, 0.5) is 0 Å². The zero-order chi connectivity index (χ0) is 38.4. The summed E-state index contributed by atoms with van der Waals surface area (Å²) in [6.07, 6.45) is 0.0441. The molecule has 1 aliphatic heterocycles. The van der Waals surface area contributed by atoms with Crippen LogP contribution in [0.25, 0.3) is 11.1 Å². The third-order valence-corrected chi connectivity index (χ3v) is 11.3. The van der Waals surface area contributed by atoms with E-state index in [0.29, 0.717) is 16.1 Å². The number of sulfonamides is 1. The Kier molecular flexibility index (Phi) is 11.0. The molecule has 0 aliphatic carbocycles. The van der Waals surface area contributed by atoms with Crippen molar-refractivity contribution in [3.63, 3.8) is 0 Å². The lowest BCUT2D eigenvalue weighted by molar-refractivity contribution is -0.145. The number of fused-ring (bicyclic) bond motifs is 1. The Morgan fingerprint density at radius 1 is 0.636 bits per heavy atom. The predicted octanol–water partition coefficient (Wildman–Crippen LogP) is 7.77. The molecule has 6 aromatic rings. The van der Waals surface area contributed by atoms with Crippen LogP contribution < -0.4 is 10.2 Å². The number of nitrogens with zero attached hydrogens (tertiary/aromatic N) is 1. The second-order valence-corrected chi connectivity index (χ2v) is 15.2. The number of nitrogens with one attached hydrogen (secondary N) is 2. The molecule has 0 saturated carbocycles. The van der Waals surface area contributed by atoms with E-state index in [-0.39, 0.29) is 24.3 Å². The first-order chi connectivity index (χ1) is 26.7. The van der Waals surface area contributed by atoms with Gasteiger partial charge in [0.05, 0.1) is 16.0 Å². The maximum Gasteiger partial charge on any atom is 0.261 e. The second-order valence-electron chi connectivity index (χ2n) is 13.0. The van der Waals surface area contributed by atoms with Crippen molar-refractivity contribution in [1.29, 1.82) is 0 Å². The number of hydroxylamine groups is 1. The van der Waals surface area contributed by atoms with Gasteiger partial charge in [0.25, 0.3) is 17.7 Å². The predicted molar refractivity (Wildman–Crippen MR) is 210 cm³/mol. The van der Waals surface area contributed by atoms with E-state index in [1.54, 1.807) is 48.5 Å². The van der Waals surface area contributed by atoms with Crippen molar-refractivity contribution in [2.24, 2.45) is 0 Å². The van der Waals surface area contributed by atoms with Gasteiger partial charge in [-0.15, -0.1) is 0 Å². The molecule has 3 amide bonds. The molecule has 276 valence electrons. The van der Waals surface area contributed by atoms with E-state index in [4.69, 9.17) is 16.4 Å². The third-order valence-electron chi connectivity index (χ3n) is 9.55. The number of halogens is 1. The van der Waals surface area contributed by atoms with Crippen molar-refractivity contribution in [3.8, 4) is 11.1 Å². The normalized spacial score (nSPS) is 13.4. The Bertz CT molecular complexity index is 2280. The van der Waals surface area contributed by atoms with E-state index in [2.05, 4.69) is 10.2 Å². The molecular formula is C44H36ClN3O6S. The summed E-state index contributed by atoms with van der Waals surface area (Å²) in [5, 5.41) is 0.581. The van der Waals surface area contributed by atoms with Gasteiger partial charge in [-0.1, -0.05) is 139 Å². The Balaban J connectivity index is 1.17. The van der Waals surface area contributed by atoms with Gasteiger partial charge in [0.15, 0.2) is 5.60 Å². The average molecular weight is 770 g/mol. The van der Waals surface area contributed by atoms with Crippen LogP contribution in [0.3, 0.4) is 0 Å². The van der Waals surface area contributed by atoms with E-state index in [1.165, 1.54) is 12.1 Å². The highest BCUT2D eigenvalue weighted by atomic mass is 35.5. The van der Waals surface area contributed by atoms with Crippen molar-refractivity contribution in [1.82, 2.24) is 15.1 Å². The summed E-state index contributed by atoms with van der Waals surface area (Å²) in [6.45, 7) is -0.0313. The monoisotopic (exact) mass is 769 g/mol. The number of imide groups is 1. The van der Waals surface area contributed by atoms with Crippen molar-refractivity contribution in [3.05, 3.63) is 197 Å². The van der Waals surface area contributed by atoms with Crippen LogP contribution in [0, 0.1) is 0 Å². The summed E-state index contributed by atoms with van der Waals surface area (Å²) in [7, 11) is -4.27. The molecule has 0 aromatic heterocycles. The first-order valence-electron chi connectivity index (χ1n) is 17.7. The molecule has 0 spiro atoms. The van der Waals surface area contributed by atoms with Gasteiger partial charge in [-0.2, -0.15) is 4.72 Å². The standard InChI is InChI=1S/C44H36ClN3O6S/c45-36-26-22-31(23-27-36)32-24-28-37(29-25-32)55(52,53)47-40(21-12-30-48-42(50)38-19-10-11-20-39(38)43(48)51)41(49)46-54-44(33-13-4-1-5-14-33,34-15-6-2-7-16-34)35-17-8-3-9-18-35/h1-11,13-20,22-29,40,47H,12,21,30H2,(H,46,49)/t40-/m1/s1. The Morgan fingerprint density at radius 2 is 1.07 bits per heavy atom. The van der Waals surface area contributed by atoms with E-state index in [0.717, 1.165) is 32.7 Å². The summed E-state index contributed by atoms with van der Waals surface area (Å²) in [5.74, 6) is -1.65. The number of hydrogen-bond donors (Lipinski definition) is 2. The number of hydrogen-bond acceptors (Lipinski definition) is 6. The van der Waals surface area contributed by atoms with Crippen LogP contribution in [0.5, 0.6) is 0 Å². The van der Waals surface area contributed by atoms with E-state index < -0.39 is 39.4 Å². The Hall–Kier alpha value is -5.91. The molecular weight excluding hydrogens is 734 g/mol. The summed E-state index contributed by atoms with van der Waals surface area (Å²) in [5.41, 5.74) is 5.67. The van der Waals surface area contributed by atoms with Gasteiger partial charge in [-0.25, -0.2) is 13.9 Å². The quantitative estimate of drug-likeness (QED) is 0.0664. The van der Waals surface area contributed by atoms with Crippen molar-refractivity contribution >= 4 is 39.3 Å². The molecule has 55 heavy (non-hydrogen) atoms. The van der Waals surface area contributed by atoms with Crippen molar-refractivity contribution < 1.29 is 27.6 Å². The largest absolute Gasteiger partial charge is 0.274 e. The van der Waals surface area contributed by atoms with Crippen molar-refractivity contribution in [2.45, 2.75) is 29.4 Å². The lowest BCUT2D eigenvalue weighted by Crippen LogP contribution is -2.50. The van der Waals surface area contributed by atoms with Gasteiger partial charge in [-0.3, -0.25) is 24.1 Å². The van der Waals surface area contributed by atoms with E-state index >= 15 is 0 Å². The van der Waals surface area contributed by atoms with Crippen LogP contribution in [0.1, 0.15) is 50.2 Å². The molecule has 11 heteroatoms. The smallest absolute Gasteiger partial charge is 0.261 e. The van der Waals surface area contributed by atoms with E-state index in [1.807, 2.05) is 103 Å². The van der Waals surface area contributed by atoms with Crippen LogP contribution in [-0.4, -0.2) is 43.6 Å². The zero-order valence-electron chi connectivity index (χ0n) is 29.5. The summed E-state index contributed by atoms with van der Waals surface area (Å²) in [6, 6.07) is 46.8. The maximum absolute atomic E-state index is 14.3. The minimum atomic E-state index is -4.27. The zero-order valence-corrected chi connectivity index (χ0v) is 31.0. The minimum Gasteiger partial charge on any atom is -0.274 e. The highest BCUT2D eigenvalue weighted by molar-refractivity contribution is 7.89. The second kappa shape index (κ2) is 16.2. The molecule has 1 heterocycles. The molecule has 0 bridgehead atoms. The van der Waals surface area contributed by atoms with Crippen LogP contribution in [0.2, 0.25) is 5.02 Å². The number of carbonyl (C=O) groups excluding carboxylic acids is 3. The third kappa shape index (κ3) is 7.85. The molecule has 7 rings (SSSR count). The first kappa shape index (κ1) is 37.4. The van der Waals surface area contributed by atoms with Crippen LogP contribution in [0.15, 0.2) is 169 Å². The van der Waals surface area contributed by atoms with Gasteiger partial charge in [0.2, 0.25) is 10.0 Å². The molecule has 2 N–H and O–H groups in total. The van der Waals surface area contributed by atoms with Gasteiger partial charge in [0.1, 0.15) is 6.04 Å². The molecule has 9 nitrogen and oxygen atoms in total. The van der Waals surface area contributed by atoms with Crippen LogP contribution in [-0.2, 0) is 25.3 Å². The topological polar surface area (TPSA) is 122 Å². The number of benzene rings is 6. The lowest BCUT2D eigenvalue weighted by Gasteiger charge is -2.35. The number of carbonyl (C=O) groups is 3. The maximum atomic E-state index is 14.3. The highest BCUT2D eigenvalue weighted by Gasteiger charge is 2.40. The Labute approximate surface area is 324 Å². The van der Waals surface area contributed by atoms with Gasteiger partial charge < -0.3 is 0 Å². The molecule has 0 unspecified atom stereocenters. The molecule has 6 aromatic carbocycles. The number of rotatable bonds is 14. The lowest BCUT2D eigenvalue weighted by atomic mass is 9.80. The van der Waals surface area contributed by atoms with Crippen LogP contribution >= 0.6 is 11.6 Å². The molecule has 0 saturated heterocycles. The fraction of sp³-hybridized carbons (Fsp3) is 0.114. The first-order valence-corrected chi connectivity index (χ1v) is 19.5. The van der Waals surface area contributed by atoms with Gasteiger partial charge in [-0.05, 0) is 77.1 Å².